The van der Waals surface area contributed by atoms with Gasteiger partial charge in [0.1, 0.15) is 12.5 Å². The zero-order valence-corrected chi connectivity index (χ0v) is 9.70. The molecule has 1 aliphatic rings. The van der Waals surface area contributed by atoms with E-state index in [0.29, 0.717) is 6.54 Å². The molecule has 1 unspecified atom stereocenters. The molecule has 0 saturated carbocycles. The number of hydrogen-bond acceptors (Lipinski definition) is 3. The lowest BCUT2D eigenvalue weighted by Crippen LogP contribution is -2.59. The lowest BCUT2D eigenvalue weighted by molar-refractivity contribution is -0.110. The standard InChI is InChI=1S/C6H12N2O2.C4H8O/c1-6(2)3-7-5(10)8-4(6)9;1-4(2)3-5/h4,9H,3H2,1-2H3,(H2,7,8,10);3-4H,1-2H3. The number of hydrogen-bond donors (Lipinski definition) is 3. The molecule has 5 nitrogen and oxygen atoms in total. The Morgan fingerprint density at radius 2 is 2.00 bits per heavy atom. The van der Waals surface area contributed by atoms with Gasteiger partial charge in [-0.2, -0.15) is 0 Å². The Labute approximate surface area is 90.2 Å². The highest BCUT2D eigenvalue weighted by molar-refractivity contribution is 5.75. The predicted molar refractivity (Wildman–Crippen MR) is 57.2 cm³/mol. The van der Waals surface area contributed by atoms with Gasteiger partial charge in [-0.25, -0.2) is 4.79 Å². The Morgan fingerprint density at radius 3 is 2.27 bits per heavy atom. The molecule has 1 rings (SSSR count). The molecule has 1 aliphatic heterocycles. The van der Waals surface area contributed by atoms with Crippen LogP contribution in [0.2, 0.25) is 0 Å². The molecule has 2 amide bonds. The second-order valence-electron chi connectivity index (χ2n) is 4.60. The van der Waals surface area contributed by atoms with E-state index in [1.807, 2.05) is 27.7 Å². The SMILES string of the molecule is CC(C)C=O.CC1(C)CNC(=O)NC1O. The highest BCUT2D eigenvalue weighted by atomic mass is 16.3. The number of nitrogens with one attached hydrogen (secondary N) is 2. The topological polar surface area (TPSA) is 78.4 Å². The quantitative estimate of drug-likeness (QED) is 0.558. The van der Waals surface area contributed by atoms with Gasteiger partial charge in [-0.05, 0) is 0 Å². The molecule has 0 aromatic heterocycles. The van der Waals surface area contributed by atoms with Crippen molar-refractivity contribution in [2.75, 3.05) is 6.54 Å². The summed E-state index contributed by atoms with van der Waals surface area (Å²) in [4.78, 5) is 20.1. The van der Waals surface area contributed by atoms with Crippen molar-refractivity contribution in [3.63, 3.8) is 0 Å². The minimum absolute atomic E-state index is 0.204. The van der Waals surface area contributed by atoms with Gasteiger partial charge in [0.2, 0.25) is 0 Å². The van der Waals surface area contributed by atoms with E-state index in [-0.39, 0.29) is 17.4 Å². The minimum Gasteiger partial charge on any atom is -0.373 e. The summed E-state index contributed by atoms with van der Waals surface area (Å²) in [5, 5.41) is 14.2. The van der Waals surface area contributed by atoms with Crippen LogP contribution in [-0.2, 0) is 4.79 Å². The van der Waals surface area contributed by atoms with Crippen molar-refractivity contribution in [1.29, 1.82) is 0 Å². The fourth-order valence-corrected chi connectivity index (χ4v) is 0.775. The van der Waals surface area contributed by atoms with Gasteiger partial charge in [0, 0.05) is 17.9 Å². The predicted octanol–water partition coefficient (Wildman–Crippen LogP) is 0.485. The molecular weight excluding hydrogens is 196 g/mol. The Kier molecular flexibility index (Phi) is 5.28. The average Bonchev–Trinajstić information content (AvgIpc) is 2.14. The highest BCUT2D eigenvalue weighted by Gasteiger charge is 2.33. The highest BCUT2D eigenvalue weighted by Crippen LogP contribution is 2.19. The second-order valence-corrected chi connectivity index (χ2v) is 4.60. The van der Waals surface area contributed by atoms with Gasteiger partial charge >= 0.3 is 6.03 Å². The molecule has 3 N–H and O–H groups in total. The fourth-order valence-electron chi connectivity index (χ4n) is 0.775. The Balaban J connectivity index is 0.000000336. The van der Waals surface area contributed by atoms with Crippen molar-refractivity contribution in [1.82, 2.24) is 10.6 Å². The number of amides is 2. The van der Waals surface area contributed by atoms with Gasteiger partial charge in [-0.15, -0.1) is 0 Å². The average molecular weight is 216 g/mol. The summed E-state index contributed by atoms with van der Waals surface area (Å²) in [7, 11) is 0. The van der Waals surface area contributed by atoms with Crippen LogP contribution in [0.1, 0.15) is 27.7 Å². The normalized spacial score (nSPS) is 23.3. The summed E-state index contributed by atoms with van der Waals surface area (Å²) in [6.07, 6.45) is 0.182. The molecule has 15 heavy (non-hydrogen) atoms. The van der Waals surface area contributed by atoms with Crippen molar-refractivity contribution >= 4 is 12.3 Å². The van der Waals surface area contributed by atoms with Gasteiger partial charge in [0.25, 0.3) is 0 Å². The molecule has 0 radical (unpaired) electrons. The molecule has 1 saturated heterocycles. The van der Waals surface area contributed by atoms with Crippen LogP contribution in [0.4, 0.5) is 4.79 Å². The first-order valence-corrected chi connectivity index (χ1v) is 4.97. The van der Waals surface area contributed by atoms with Gasteiger partial charge in [-0.1, -0.05) is 27.7 Å². The lowest BCUT2D eigenvalue weighted by atomic mass is 9.90. The van der Waals surface area contributed by atoms with E-state index in [2.05, 4.69) is 10.6 Å². The number of urea groups is 1. The number of aldehydes is 1. The van der Waals surface area contributed by atoms with Crippen LogP contribution in [0.25, 0.3) is 0 Å². The minimum atomic E-state index is -0.735. The molecule has 1 heterocycles. The van der Waals surface area contributed by atoms with Crippen molar-refractivity contribution < 1.29 is 14.7 Å². The number of carbonyl (C=O) groups excluding carboxylic acids is 2. The third-order valence-electron chi connectivity index (χ3n) is 1.98. The molecule has 0 bridgehead atoms. The number of aliphatic hydroxyl groups is 1. The molecule has 0 spiro atoms. The maximum absolute atomic E-state index is 10.6. The molecule has 0 aromatic carbocycles. The molecule has 0 aromatic rings. The van der Waals surface area contributed by atoms with Crippen LogP contribution >= 0.6 is 0 Å². The van der Waals surface area contributed by atoms with Crippen LogP contribution < -0.4 is 10.6 Å². The first kappa shape index (κ1) is 13.9. The van der Waals surface area contributed by atoms with Crippen molar-refractivity contribution in [2.45, 2.75) is 33.9 Å². The smallest absolute Gasteiger partial charge is 0.316 e. The third-order valence-corrected chi connectivity index (χ3v) is 1.98. The molecular formula is C10H20N2O3. The van der Waals surface area contributed by atoms with Crippen LogP contribution in [0.15, 0.2) is 0 Å². The summed E-state index contributed by atoms with van der Waals surface area (Å²) in [6, 6.07) is -0.299. The van der Waals surface area contributed by atoms with E-state index < -0.39 is 6.23 Å². The largest absolute Gasteiger partial charge is 0.373 e. The summed E-state index contributed by atoms with van der Waals surface area (Å²) >= 11 is 0. The van der Waals surface area contributed by atoms with E-state index in [1.54, 1.807) is 0 Å². The summed E-state index contributed by atoms with van der Waals surface area (Å²) < 4.78 is 0. The Morgan fingerprint density at radius 1 is 1.53 bits per heavy atom. The monoisotopic (exact) mass is 216 g/mol. The summed E-state index contributed by atoms with van der Waals surface area (Å²) in [6.45, 7) is 7.98. The van der Waals surface area contributed by atoms with E-state index in [9.17, 15) is 14.7 Å². The fraction of sp³-hybridized carbons (Fsp3) is 0.800. The number of carbonyl (C=O) groups is 2. The van der Waals surface area contributed by atoms with Gasteiger partial charge < -0.3 is 20.5 Å². The van der Waals surface area contributed by atoms with Crippen LogP contribution in [0.5, 0.6) is 0 Å². The zero-order valence-electron chi connectivity index (χ0n) is 9.70. The molecule has 1 atom stereocenters. The lowest BCUT2D eigenvalue weighted by Gasteiger charge is -2.35. The van der Waals surface area contributed by atoms with Gasteiger partial charge in [-0.3, -0.25) is 0 Å². The molecule has 88 valence electrons. The molecule has 0 aliphatic carbocycles. The Hall–Kier alpha value is -1.10. The van der Waals surface area contributed by atoms with Gasteiger partial charge in [0.05, 0.1) is 0 Å². The van der Waals surface area contributed by atoms with Crippen molar-refractivity contribution in [2.24, 2.45) is 11.3 Å². The Bertz CT molecular complexity index is 227. The van der Waals surface area contributed by atoms with Gasteiger partial charge in [0.15, 0.2) is 0 Å². The van der Waals surface area contributed by atoms with Crippen LogP contribution in [-0.4, -0.2) is 30.2 Å². The van der Waals surface area contributed by atoms with Crippen LogP contribution in [0.3, 0.4) is 0 Å². The molecule has 1 fully saturated rings. The van der Waals surface area contributed by atoms with Crippen molar-refractivity contribution in [3.05, 3.63) is 0 Å². The maximum Gasteiger partial charge on any atom is 0.316 e. The second kappa shape index (κ2) is 5.70. The summed E-state index contributed by atoms with van der Waals surface area (Å²) in [5.74, 6) is 0.204. The van der Waals surface area contributed by atoms with E-state index in [4.69, 9.17) is 0 Å². The maximum atomic E-state index is 10.6. The van der Waals surface area contributed by atoms with E-state index >= 15 is 0 Å². The summed E-state index contributed by atoms with van der Waals surface area (Å²) in [5.41, 5.74) is -0.270. The first-order valence-electron chi connectivity index (χ1n) is 4.97. The van der Waals surface area contributed by atoms with Crippen LogP contribution in [0, 0.1) is 11.3 Å². The van der Waals surface area contributed by atoms with E-state index in [1.165, 1.54) is 0 Å². The number of aliphatic hydroxyl groups excluding tert-OH is 1. The zero-order chi connectivity index (χ0) is 12.1. The molecule has 5 heteroatoms. The number of rotatable bonds is 1. The van der Waals surface area contributed by atoms with Crippen molar-refractivity contribution in [3.8, 4) is 0 Å². The van der Waals surface area contributed by atoms with E-state index in [0.717, 1.165) is 6.29 Å². The first-order chi connectivity index (χ1) is 6.79. The third kappa shape index (κ3) is 5.37.